The van der Waals surface area contributed by atoms with Crippen LogP contribution in [0.25, 0.3) is 0 Å². The first kappa shape index (κ1) is 13.9. The number of aryl methyl sites for hydroxylation is 1. The van der Waals surface area contributed by atoms with Crippen molar-refractivity contribution < 1.29 is 9.53 Å². The number of nitrogens with two attached hydrogens (primary N) is 1. The van der Waals surface area contributed by atoms with E-state index in [1.165, 1.54) is 6.42 Å². The number of carbonyl (C=O) groups is 1. The van der Waals surface area contributed by atoms with Crippen molar-refractivity contribution in [3.8, 4) is 5.75 Å². The van der Waals surface area contributed by atoms with Crippen LogP contribution in [0.15, 0.2) is 18.2 Å². The van der Waals surface area contributed by atoms with E-state index in [4.69, 9.17) is 10.5 Å². The Morgan fingerprint density at radius 2 is 2.00 bits per heavy atom. The van der Waals surface area contributed by atoms with Crippen molar-refractivity contribution in [2.24, 2.45) is 5.73 Å². The highest BCUT2D eigenvalue weighted by molar-refractivity contribution is 5.99. The number of amides is 1. The van der Waals surface area contributed by atoms with Gasteiger partial charge in [-0.2, -0.15) is 0 Å². The molecule has 4 nitrogen and oxygen atoms in total. The molecule has 1 fully saturated rings. The van der Waals surface area contributed by atoms with Gasteiger partial charge < -0.3 is 15.8 Å². The fourth-order valence-corrected chi connectivity index (χ4v) is 2.58. The molecule has 0 bridgehead atoms. The third-order valence-corrected chi connectivity index (χ3v) is 3.80. The van der Waals surface area contributed by atoms with Gasteiger partial charge in [-0.3, -0.25) is 4.79 Å². The van der Waals surface area contributed by atoms with Crippen molar-refractivity contribution in [1.29, 1.82) is 0 Å². The summed E-state index contributed by atoms with van der Waals surface area (Å²) in [5, 5.41) is 2.92. The summed E-state index contributed by atoms with van der Waals surface area (Å²) in [6.07, 6.45) is 4.73. The molecule has 2 rings (SSSR count). The van der Waals surface area contributed by atoms with Crippen molar-refractivity contribution in [2.45, 2.75) is 44.6 Å². The minimum Gasteiger partial charge on any atom is -0.495 e. The molecule has 1 saturated carbocycles. The van der Waals surface area contributed by atoms with Crippen LogP contribution in [0.1, 0.15) is 37.7 Å². The molecule has 1 aliphatic rings. The van der Waals surface area contributed by atoms with Crippen LogP contribution < -0.4 is 15.8 Å². The standard InChI is InChI=1S/C15H22N2O2/c1-11-6-7-13(19-2)12(10-11)17-14(18)15(16)8-4-3-5-9-15/h6-7,10H,3-5,8-9,16H2,1-2H3,(H,17,18). The predicted molar refractivity (Wildman–Crippen MR) is 76.4 cm³/mol. The van der Waals surface area contributed by atoms with E-state index in [2.05, 4.69) is 5.32 Å². The molecule has 0 aliphatic heterocycles. The third-order valence-electron chi connectivity index (χ3n) is 3.80. The molecule has 4 heteroatoms. The summed E-state index contributed by atoms with van der Waals surface area (Å²) in [4.78, 5) is 12.4. The van der Waals surface area contributed by atoms with Crippen LogP contribution in [0.5, 0.6) is 5.75 Å². The number of methoxy groups -OCH3 is 1. The molecule has 1 aromatic carbocycles. The van der Waals surface area contributed by atoms with Gasteiger partial charge in [0.25, 0.3) is 0 Å². The van der Waals surface area contributed by atoms with Crippen molar-refractivity contribution >= 4 is 11.6 Å². The lowest BCUT2D eigenvalue weighted by molar-refractivity contribution is -0.122. The van der Waals surface area contributed by atoms with Gasteiger partial charge in [0.1, 0.15) is 5.75 Å². The topological polar surface area (TPSA) is 64.3 Å². The Bertz CT molecular complexity index is 465. The lowest BCUT2D eigenvalue weighted by Gasteiger charge is -2.32. The number of hydrogen-bond acceptors (Lipinski definition) is 3. The summed E-state index contributed by atoms with van der Waals surface area (Å²) in [6, 6.07) is 5.71. The SMILES string of the molecule is COc1ccc(C)cc1NC(=O)C1(N)CCCCC1. The van der Waals surface area contributed by atoms with Crippen LogP contribution in [0.4, 0.5) is 5.69 Å². The molecule has 3 N–H and O–H groups in total. The molecule has 1 aromatic rings. The summed E-state index contributed by atoms with van der Waals surface area (Å²) in [7, 11) is 1.60. The van der Waals surface area contributed by atoms with Gasteiger partial charge in [0, 0.05) is 0 Å². The Labute approximate surface area is 114 Å². The van der Waals surface area contributed by atoms with E-state index in [1.54, 1.807) is 7.11 Å². The second kappa shape index (κ2) is 5.61. The van der Waals surface area contributed by atoms with Gasteiger partial charge in [-0.05, 0) is 37.5 Å². The molecule has 0 aromatic heterocycles. The maximum atomic E-state index is 12.4. The molecule has 0 atom stereocenters. The van der Waals surface area contributed by atoms with Gasteiger partial charge in [0.05, 0.1) is 18.3 Å². The average Bonchev–Trinajstić information content (AvgIpc) is 2.40. The molecule has 1 aliphatic carbocycles. The van der Waals surface area contributed by atoms with Gasteiger partial charge >= 0.3 is 0 Å². The van der Waals surface area contributed by atoms with Gasteiger partial charge in [0.15, 0.2) is 0 Å². The lowest BCUT2D eigenvalue weighted by Crippen LogP contribution is -2.52. The average molecular weight is 262 g/mol. The van der Waals surface area contributed by atoms with E-state index in [1.807, 2.05) is 25.1 Å². The molecular weight excluding hydrogens is 240 g/mol. The maximum absolute atomic E-state index is 12.4. The summed E-state index contributed by atoms with van der Waals surface area (Å²) in [5.41, 5.74) is 7.27. The van der Waals surface area contributed by atoms with Crippen LogP contribution in [0.3, 0.4) is 0 Å². The number of carbonyl (C=O) groups excluding carboxylic acids is 1. The Morgan fingerprint density at radius 1 is 1.32 bits per heavy atom. The maximum Gasteiger partial charge on any atom is 0.244 e. The number of nitrogens with one attached hydrogen (secondary N) is 1. The molecule has 0 radical (unpaired) electrons. The molecule has 19 heavy (non-hydrogen) atoms. The van der Waals surface area contributed by atoms with Gasteiger partial charge in [-0.15, -0.1) is 0 Å². The Hall–Kier alpha value is -1.55. The second-order valence-corrected chi connectivity index (χ2v) is 5.37. The minimum absolute atomic E-state index is 0.101. The minimum atomic E-state index is -0.729. The van der Waals surface area contributed by atoms with Gasteiger partial charge in [-0.25, -0.2) is 0 Å². The first-order valence-electron chi connectivity index (χ1n) is 6.80. The van der Waals surface area contributed by atoms with Crippen molar-refractivity contribution in [1.82, 2.24) is 0 Å². The van der Waals surface area contributed by atoms with Crippen LogP contribution in [0, 0.1) is 6.92 Å². The molecule has 0 spiro atoms. The van der Waals surface area contributed by atoms with Gasteiger partial charge in [-0.1, -0.05) is 25.3 Å². The highest BCUT2D eigenvalue weighted by Crippen LogP contribution is 2.30. The predicted octanol–water partition coefficient (Wildman–Crippen LogP) is 2.60. The van der Waals surface area contributed by atoms with E-state index < -0.39 is 5.54 Å². The lowest BCUT2D eigenvalue weighted by atomic mass is 9.82. The highest BCUT2D eigenvalue weighted by Gasteiger charge is 2.35. The van der Waals surface area contributed by atoms with E-state index in [0.717, 1.165) is 31.2 Å². The zero-order valence-corrected chi connectivity index (χ0v) is 11.7. The Kier molecular flexibility index (Phi) is 4.10. The highest BCUT2D eigenvalue weighted by atomic mass is 16.5. The monoisotopic (exact) mass is 262 g/mol. The van der Waals surface area contributed by atoms with Crippen LogP contribution >= 0.6 is 0 Å². The molecule has 0 saturated heterocycles. The quantitative estimate of drug-likeness (QED) is 0.880. The van der Waals surface area contributed by atoms with E-state index in [9.17, 15) is 4.79 Å². The summed E-state index contributed by atoms with van der Waals surface area (Å²) >= 11 is 0. The van der Waals surface area contributed by atoms with Crippen molar-refractivity contribution in [2.75, 3.05) is 12.4 Å². The molecule has 0 heterocycles. The zero-order chi connectivity index (χ0) is 13.9. The number of benzene rings is 1. The number of hydrogen-bond donors (Lipinski definition) is 2. The Morgan fingerprint density at radius 3 is 2.63 bits per heavy atom. The van der Waals surface area contributed by atoms with Crippen molar-refractivity contribution in [3.05, 3.63) is 23.8 Å². The summed E-state index contributed by atoms with van der Waals surface area (Å²) in [6.45, 7) is 1.98. The van der Waals surface area contributed by atoms with Crippen molar-refractivity contribution in [3.63, 3.8) is 0 Å². The fraction of sp³-hybridized carbons (Fsp3) is 0.533. The summed E-state index contributed by atoms with van der Waals surface area (Å²) < 4.78 is 5.27. The largest absolute Gasteiger partial charge is 0.495 e. The van der Waals surface area contributed by atoms with Crippen LogP contribution in [-0.2, 0) is 4.79 Å². The van der Waals surface area contributed by atoms with E-state index in [-0.39, 0.29) is 5.91 Å². The van der Waals surface area contributed by atoms with E-state index in [0.29, 0.717) is 11.4 Å². The second-order valence-electron chi connectivity index (χ2n) is 5.37. The first-order chi connectivity index (χ1) is 9.05. The molecule has 1 amide bonds. The molecule has 104 valence electrons. The number of anilines is 1. The third kappa shape index (κ3) is 3.07. The van der Waals surface area contributed by atoms with E-state index >= 15 is 0 Å². The molecule has 0 unspecified atom stereocenters. The number of rotatable bonds is 3. The fourth-order valence-electron chi connectivity index (χ4n) is 2.58. The zero-order valence-electron chi connectivity index (χ0n) is 11.7. The Balaban J connectivity index is 2.16. The summed E-state index contributed by atoms with van der Waals surface area (Å²) in [5.74, 6) is 0.564. The normalized spacial score (nSPS) is 17.8. The number of ether oxygens (including phenoxy) is 1. The smallest absolute Gasteiger partial charge is 0.244 e. The van der Waals surface area contributed by atoms with Crippen LogP contribution in [-0.4, -0.2) is 18.6 Å². The first-order valence-corrected chi connectivity index (χ1v) is 6.80. The van der Waals surface area contributed by atoms with Crippen LogP contribution in [0.2, 0.25) is 0 Å². The van der Waals surface area contributed by atoms with Gasteiger partial charge in [0.2, 0.25) is 5.91 Å². The molecular formula is C15H22N2O2.